The van der Waals surface area contributed by atoms with Gasteiger partial charge in [-0.2, -0.15) is 0 Å². The number of carbonyl (C=O) groups is 4. The quantitative estimate of drug-likeness (QED) is 0.0738. The minimum atomic E-state index is -1.04. The Bertz CT molecular complexity index is 3910. The molecular weight excluding hydrogens is 1280 g/mol. The maximum Gasteiger partial charge on any atom is 0.494 e. The number of aliphatic hydroxyl groups excluding tert-OH is 2. The van der Waals surface area contributed by atoms with E-state index in [1.54, 1.807) is 16.1 Å². The van der Waals surface area contributed by atoms with Crippen LogP contribution < -0.4 is 26.7 Å². The summed E-state index contributed by atoms with van der Waals surface area (Å²) in [7, 11) is -0.487. The van der Waals surface area contributed by atoms with E-state index in [2.05, 4.69) is 142 Å². The number of carbonyl (C=O) groups excluding carboxylic acids is 4. The second-order valence-electron chi connectivity index (χ2n) is 30.3. The minimum absolute atomic E-state index is 0.156. The monoisotopic (exact) mass is 1380 g/mol. The molecule has 4 aromatic heterocycles. The van der Waals surface area contributed by atoms with Gasteiger partial charge in [-0.1, -0.05) is 49.9 Å². The Morgan fingerprint density at radius 2 is 1.06 bits per heavy atom. The number of fused-ring (bicyclic) bond motifs is 6. The number of halogens is 1. The lowest BCUT2D eigenvalue weighted by Crippen LogP contribution is -2.64. The molecule has 5 saturated heterocycles. The maximum absolute atomic E-state index is 14.5. The van der Waals surface area contributed by atoms with Crippen molar-refractivity contribution < 1.29 is 38.7 Å². The number of piperidine rings is 3. The van der Waals surface area contributed by atoms with Crippen molar-refractivity contribution in [1.82, 2.24) is 48.7 Å². The van der Waals surface area contributed by atoms with Gasteiger partial charge in [-0.25, -0.2) is 19.9 Å². The van der Waals surface area contributed by atoms with Crippen LogP contribution in [0.25, 0.3) is 33.3 Å². The predicted molar refractivity (Wildman–Crippen MR) is 378 cm³/mol. The molecule has 2 aliphatic carbocycles. The molecule has 0 unspecified atom stereocenters. The van der Waals surface area contributed by atoms with E-state index in [1.165, 1.54) is 65.2 Å². The summed E-state index contributed by atoms with van der Waals surface area (Å²) in [6, 6.07) is 18.5. The van der Waals surface area contributed by atoms with Gasteiger partial charge in [0.2, 0.25) is 11.8 Å². The van der Waals surface area contributed by atoms with Crippen LogP contribution >= 0.6 is 15.9 Å². The molecule has 6 N–H and O–H groups in total. The van der Waals surface area contributed by atoms with Gasteiger partial charge in [0.15, 0.2) is 5.82 Å². The fourth-order valence-electron chi connectivity index (χ4n) is 16.7. The lowest BCUT2D eigenvalue weighted by Gasteiger charge is -2.49. The third kappa shape index (κ3) is 12.1. The van der Waals surface area contributed by atoms with Crippen molar-refractivity contribution in [2.24, 2.45) is 0 Å². The number of nitrogens with zero attached hydrogens (tertiary/aromatic N) is 12. The standard InChI is InChI=1S/C33H43N7O3.C30H44BN3O5.C9H11BrN4/c1-20(2)39-19-35-27-18-26(36-30(34)29(27)39)22-7-8-25-28(15-22)40(24-16-23(17-24)37-11-5-4-6-12-37)32(43)33(25)9-13-38(14-10-33)31(42)21(3)41;1-20(35)26(36)32-15-13-30(14-16-32)24-12-11-21(31-38-28(2,3)29(4,5)39-31)17-25(24)34(27(30)37)23-18-33(19-23)22-9-7-6-8-10-22;1-5(2)14-4-12-6-3-7(10)13-9(11)8(6)14/h7-8,15,18-21,23-24,41H,4-6,9-14,16-17H2,1-3H3,(H2,34,36);11-12,17,20,22-23,35H,6-10,13-16,18-19H2,1-5H3;3-5H,1-2H3,(H2,11,13)/t21-,23?,24?;20-;/m11./s1. The molecule has 6 aromatic rings. The molecule has 96 heavy (non-hydrogen) atoms. The fourth-order valence-corrected chi connectivity index (χ4v) is 17.2. The van der Waals surface area contributed by atoms with E-state index in [0.717, 1.165) is 105 Å². The summed E-state index contributed by atoms with van der Waals surface area (Å²) in [6.45, 7) is 25.6. The van der Waals surface area contributed by atoms with Crippen LogP contribution in [0.15, 0.2) is 65.8 Å². The number of benzene rings is 2. The average molecular weight is 1380 g/mol. The molecule has 0 radical (unpaired) electrons. The van der Waals surface area contributed by atoms with Crippen molar-refractivity contribution in [3.05, 3.63) is 76.9 Å². The van der Waals surface area contributed by atoms with Crippen molar-refractivity contribution in [2.45, 2.75) is 230 Å². The second kappa shape index (κ2) is 26.3. The molecule has 0 bridgehead atoms. The van der Waals surface area contributed by atoms with E-state index in [1.807, 2.05) is 27.6 Å². The number of nitrogen functional groups attached to an aromatic ring is 2. The molecule has 2 aromatic carbocycles. The zero-order valence-corrected chi connectivity index (χ0v) is 59.4. The molecule has 11 heterocycles. The van der Waals surface area contributed by atoms with Crippen molar-refractivity contribution in [3.63, 3.8) is 0 Å². The van der Waals surface area contributed by atoms with E-state index in [0.29, 0.717) is 81.6 Å². The minimum Gasteiger partial charge on any atom is -0.399 e. The van der Waals surface area contributed by atoms with Crippen LogP contribution in [0.2, 0.25) is 0 Å². The summed E-state index contributed by atoms with van der Waals surface area (Å²) in [5, 5.41) is 19.7. The summed E-state index contributed by atoms with van der Waals surface area (Å²) in [5.41, 5.74) is 20.2. The first-order chi connectivity index (χ1) is 45.7. The van der Waals surface area contributed by atoms with Crippen LogP contribution in [0.4, 0.5) is 23.0 Å². The number of rotatable bonds is 10. The van der Waals surface area contributed by atoms with Gasteiger partial charge in [0.25, 0.3) is 11.8 Å². The van der Waals surface area contributed by atoms with Gasteiger partial charge in [-0.05, 0) is 203 Å². The Hall–Kier alpha value is -6.54. The molecule has 514 valence electrons. The lowest BCUT2D eigenvalue weighted by molar-refractivity contribution is -0.142. The highest BCUT2D eigenvalue weighted by atomic mass is 79.9. The van der Waals surface area contributed by atoms with Crippen LogP contribution in [0.1, 0.15) is 182 Å². The van der Waals surface area contributed by atoms with Crippen molar-refractivity contribution in [3.8, 4) is 11.3 Å². The molecule has 4 amide bonds. The molecular formula is C72H98BBrN14O8. The highest BCUT2D eigenvalue weighted by Crippen LogP contribution is 2.54. The number of nitrogens with two attached hydrogens (primary N) is 2. The topological polar surface area (TPSA) is 260 Å². The predicted octanol–water partition coefficient (Wildman–Crippen LogP) is 8.81. The van der Waals surface area contributed by atoms with Gasteiger partial charge >= 0.3 is 7.12 Å². The third-order valence-electron chi connectivity index (χ3n) is 23.2. The second-order valence-corrected chi connectivity index (χ2v) is 31.2. The number of anilines is 4. The van der Waals surface area contributed by atoms with E-state index < -0.39 is 41.4 Å². The van der Waals surface area contributed by atoms with Gasteiger partial charge in [-0.3, -0.25) is 24.1 Å². The Kier molecular flexibility index (Phi) is 18.6. The number of aliphatic hydroxyl groups is 2. The molecule has 2 spiro atoms. The SMILES string of the molecule is CC(C)n1cnc2cc(-c3ccc4c(c3)N(C3CC(N5CCCCC5)C3)C(=O)C43CCN(C(=O)[C@@H](C)O)CC3)nc(N)c21.CC(C)n1cnc2cc(Br)nc(N)c21.C[C@@H](O)C(=O)N1CCC2(CC1)C(=O)N(C1CN(C3CCCCC3)C1)c1cc(B3OC(C)(C)C(C)(C)O3)ccc12. The molecule has 22 nitrogen and oxygen atoms in total. The number of amides is 4. The fraction of sp³-hybridized carbons (Fsp3) is 0.611. The highest BCUT2D eigenvalue weighted by Gasteiger charge is 2.59. The largest absolute Gasteiger partial charge is 0.494 e. The van der Waals surface area contributed by atoms with Crippen LogP contribution in [-0.4, -0.2) is 190 Å². The molecule has 2 saturated carbocycles. The zero-order chi connectivity index (χ0) is 68.1. The van der Waals surface area contributed by atoms with E-state index in [9.17, 15) is 29.4 Å². The van der Waals surface area contributed by atoms with Gasteiger partial charge in [0.05, 0.1) is 57.5 Å². The number of likely N-dealkylation sites (tertiary alicyclic amines) is 4. The Balaban J connectivity index is 0.000000145. The van der Waals surface area contributed by atoms with Gasteiger partial charge in [0, 0.05) is 86.4 Å². The first-order valence-corrected chi connectivity index (χ1v) is 36.2. The Morgan fingerprint density at radius 3 is 1.58 bits per heavy atom. The summed E-state index contributed by atoms with van der Waals surface area (Å²) in [4.78, 5) is 84.6. The van der Waals surface area contributed by atoms with Crippen molar-refractivity contribution in [2.75, 3.05) is 73.6 Å². The normalized spacial score (nSPS) is 23.9. The number of pyridine rings is 2. The smallest absolute Gasteiger partial charge is 0.399 e. The summed E-state index contributed by atoms with van der Waals surface area (Å²) in [5.74, 6) is 0.758. The lowest BCUT2D eigenvalue weighted by atomic mass is 9.71. The molecule has 7 aliphatic heterocycles. The van der Waals surface area contributed by atoms with Crippen molar-refractivity contribution >= 4 is 97.2 Å². The average Bonchev–Trinajstić information content (AvgIpc) is 1.56. The summed E-state index contributed by atoms with van der Waals surface area (Å²) >= 11 is 3.29. The molecule has 7 fully saturated rings. The van der Waals surface area contributed by atoms with Crippen LogP contribution in [0, 0.1) is 0 Å². The molecule has 2 atom stereocenters. The Morgan fingerprint density at radius 1 is 0.583 bits per heavy atom. The summed E-state index contributed by atoms with van der Waals surface area (Å²) in [6.07, 6.45) is 16.1. The van der Waals surface area contributed by atoms with Gasteiger partial charge < -0.3 is 64.6 Å². The number of hydrogen-bond donors (Lipinski definition) is 4. The number of imidazole rings is 2. The number of hydrogen-bond acceptors (Lipinski definition) is 16. The van der Waals surface area contributed by atoms with E-state index in [-0.39, 0.29) is 41.8 Å². The van der Waals surface area contributed by atoms with Crippen molar-refractivity contribution in [1.29, 1.82) is 0 Å². The van der Waals surface area contributed by atoms with E-state index in [4.69, 9.17) is 25.8 Å². The molecule has 15 rings (SSSR count). The molecule has 24 heteroatoms. The van der Waals surface area contributed by atoms with Crippen LogP contribution in [-0.2, 0) is 39.3 Å². The van der Waals surface area contributed by atoms with E-state index >= 15 is 0 Å². The number of aromatic nitrogens is 6. The highest BCUT2D eigenvalue weighted by molar-refractivity contribution is 9.10. The molecule has 9 aliphatic rings. The van der Waals surface area contributed by atoms with Crippen LogP contribution in [0.5, 0.6) is 0 Å². The first-order valence-electron chi connectivity index (χ1n) is 35.4. The zero-order valence-electron chi connectivity index (χ0n) is 57.8. The van der Waals surface area contributed by atoms with Gasteiger partial charge in [-0.15, -0.1) is 0 Å². The summed E-state index contributed by atoms with van der Waals surface area (Å²) < 4.78 is 17.5. The Labute approximate surface area is 573 Å². The third-order valence-corrected chi connectivity index (χ3v) is 23.6. The van der Waals surface area contributed by atoms with Gasteiger partial charge in [0.1, 0.15) is 33.7 Å². The maximum atomic E-state index is 14.5. The first kappa shape index (κ1) is 68.0. The van der Waals surface area contributed by atoms with Crippen LogP contribution in [0.3, 0.4) is 0 Å².